The number of hydrogen-bond acceptors (Lipinski definition) is 3. The molecule has 0 aliphatic heterocycles. The summed E-state index contributed by atoms with van der Waals surface area (Å²) in [5.41, 5.74) is 1.58. The van der Waals surface area contributed by atoms with Gasteiger partial charge in [-0.15, -0.1) is 0 Å². The number of rotatable bonds is 2. The summed E-state index contributed by atoms with van der Waals surface area (Å²) in [4.78, 5) is 22.2. The summed E-state index contributed by atoms with van der Waals surface area (Å²) in [6.07, 6.45) is 1.59. The van der Waals surface area contributed by atoms with Crippen LogP contribution >= 0.6 is 11.6 Å². The molecule has 6 heteroatoms. The summed E-state index contributed by atoms with van der Waals surface area (Å²) in [6.45, 7) is 0.601. The second-order valence-electron chi connectivity index (χ2n) is 3.89. The smallest absolute Gasteiger partial charge is 0.280 e. The molecule has 0 unspecified atom stereocenters. The van der Waals surface area contributed by atoms with Crippen molar-refractivity contribution in [2.75, 3.05) is 0 Å². The first-order valence-corrected chi connectivity index (χ1v) is 5.76. The van der Waals surface area contributed by atoms with Crippen molar-refractivity contribution < 1.29 is 0 Å². The summed E-state index contributed by atoms with van der Waals surface area (Å²) in [7, 11) is 0. The highest BCUT2D eigenvalue weighted by Gasteiger charge is 2.09. The predicted molar refractivity (Wildman–Crippen MR) is 68.7 cm³/mol. The van der Waals surface area contributed by atoms with Crippen molar-refractivity contribution in [3.05, 3.63) is 57.9 Å². The van der Waals surface area contributed by atoms with Crippen LogP contribution in [0, 0.1) is 0 Å². The van der Waals surface area contributed by atoms with Gasteiger partial charge in [0, 0.05) is 0 Å². The molecule has 0 atom stereocenters. The van der Waals surface area contributed by atoms with E-state index >= 15 is 0 Å². The molecule has 0 aliphatic rings. The Bertz CT molecular complexity index is 748. The predicted octanol–water partition coefficient (Wildman–Crippen LogP) is 1.82. The third kappa shape index (κ3) is 1.89. The number of fused-ring (bicyclic) bond motifs is 1. The molecular formula is C12H9ClN4O. The molecule has 0 amide bonds. The number of hydrogen-bond donors (Lipinski definition) is 1. The molecule has 0 aliphatic carbocycles. The van der Waals surface area contributed by atoms with Crippen LogP contribution in [0.1, 0.15) is 5.56 Å². The summed E-state index contributed by atoms with van der Waals surface area (Å²) >= 11 is 5.75. The summed E-state index contributed by atoms with van der Waals surface area (Å²) in [6, 6.07) is 9.87. The lowest BCUT2D eigenvalue weighted by Crippen LogP contribution is -2.09. The molecule has 3 aromatic rings. The Kier molecular flexibility index (Phi) is 2.60. The molecular weight excluding hydrogens is 252 g/mol. The molecule has 0 fully saturated rings. The number of nitrogens with one attached hydrogen (secondary N) is 1. The van der Waals surface area contributed by atoms with Gasteiger partial charge in [-0.05, 0) is 17.2 Å². The first kappa shape index (κ1) is 11.0. The van der Waals surface area contributed by atoms with Crippen LogP contribution in [0.15, 0.2) is 41.5 Å². The van der Waals surface area contributed by atoms with E-state index < -0.39 is 0 Å². The first-order valence-electron chi connectivity index (χ1n) is 5.38. The van der Waals surface area contributed by atoms with Gasteiger partial charge in [-0.3, -0.25) is 9.78 Å². The number of imidazole rings is 1. The molecule has 0 saturated heterocycles. The maximum atomic E-state index is 11.6. The van der Waals surface area contributed by atoms with Gasteiger partial charge in [-0.1, -0.05) is 30.3 Å². The topological polar surface area (TPSA) is 63.6 Å². The minimum absolute atomic E-state index is 0.0716. The standard InChI is InChI=1S/C12H9ClN4O/c13-12-15-10-9(11(18)16-12)14-7-17(10)6-8-4-2-1-3-5-8/h1-5,7H,6H2,(H,15,16,18). The number of benzene rings is 1. The fourth-order valence-corrected chi connectivity index (χ4v) is 1.99. The van der Waals surface area contributed by atoms with Crippen LogP contribution in [0.3, 0.4) is 0 Å². The van der Waals surface area contributed by atoms with Crippen molar-refractivity contribution in [2.24, 2.45) is 0 Å². The molecule has 2 heterocycles. The number of aromatic amines is 1. The average molecular weight is 261 g/mol. The van der Waals surface area contributed by atoms with Crippen LogP contribution in [0.2, 0.25) is 5.28 Å². The Balaban J connectivity index is 2.11. The molecule has 5 nitrogen and oxygen atoms in total. The second-order valence-corrected chi connectivity index (χ2v) is 4.25. The van der Waals surface area contributed by atoms with Crippen LogP contribution in [0.4, 0.5) is 0 Å². The lowest BCUT2D eigenvalue weighted by atomic mass is 10.2. The SMILES string of the molecule is O=c1[nH]c(Cl)nc2c1ncn2Cc1ccccc1. The molecule has 0 spiro atoms. The van der Waals surface area contributed by atoms with Crippen LogP contribution in [-0.4, -0.2) is 19.5 Å². The zero-order valence-electron chi connectivity index (χ0n) is 9.30. The van der Waals surface area contributed by atoms with E-state index in [1.807, 2.05) is 30.3 Å². The van der Waals surface area contributed by atoms with Gasteiger partial charge in [-0.25, -0.2) is 4.98 Å². The number of nitrogens with zero attached hydrogens (tertiary/aromatic N) is 3. The molecule has 18 heavy (non-hydrogen) atoms. The maximum absolute atomic E-state index is 11.6. The second kappa shape index (κ2) is 4.27. The zero-order valence-corrected chi connectivity index (χ0v) is 10.1. The Morgan fingerprint density at radius 1 is 1.28 bits per heavy atom. The van der Waals surface area contributed by atoms with Crippen molar-refractivity contribution in [2.45, 2.75) is 6.54 Å². The highest BCUT2D eigenvalue weighted by atomic mass is 35.5. The minimum atomic E-state index is -0.322. The van der Waals surface area contributed by atoms with E-state index in [9.17, 15) is 4.79 Å². The Labute approximate surface area is 107 Å². The van der Waals surface area contributed by atoms with Gasteiger partial charge >= 0.3 is 0 Å². The summed E-state index contributed by atoms with van der Waals surface area (Å²) in [5.74, 6) is 0. The van der Waals surface area contributed by atoms with E-state index in [1.165, 1.54) is 0 Å². The minimum Gasteiger partial charge on any atom is -0.311 e. The Morgan fingerprint density at radius 3 is 2.83 bits per heavy atom. The first-order chi connectivity index (χ1) is 8.74. The van der Waals surface area contributed by atoms with Gasteiger partial charge in [0.25, 0.3) is 5.56 Å². The van der Waals surface area contributed by atoms with Gasteiger partial charge in [-0.2, -0.15) is 4.98 Å². The van der Waals surface area contributed by atoms with Gasteiger partial charge in [0.1, 0.15) is 0 Å². The highest BCUT2D eigenvalue weighted by molar-refractivity contribution is 6.28. The molecule has 0 bridgehead atoms. The fourth-order valence-electron chi connectivity index (χ4n) is 1.82. The summed E-state index contributed by atoms with van der Waals surface area (Å²) in [5, 5.41) is 0.0716. The van der Waals surface area contributed by atoms with Gasteiger partial charge < -0.3 is 4.57 Å². The molecule has 1 N–H and O–H groups in total. The van der Waals surface area contributed by atoms with E-state index in [0.717, 1.165) is 5.56 Å². The third-order valence-electron chi connectivity index (χ3n) is 2.64. The van der Waals surface area contributed by atoms with E-state index in [-0.39, 0.29) is 10.8 Å². The van der Waals surface area contributed by atoms with Crippen LogP contribution in [-0.2, 0) is 6.54 Å². The molecule has 0 saturated carbocycles. The van der Waals surface area contributed by atoms with E-state index in [4.69, 9.17) is 11.6 Å². The van der Waals surface area contributed by atoms with E-state index in [1.54, 1.807) is 10.9 Å². The Morgan fingerprint density at radius 2 is 2.06 bits per heavy atom. The van der Waals surface area contributed by atoms with Gasteiger partial charge in [0.2, 0.25) is 5.28 Å². The van der Waals surface area contributed by atoms with Crippen molar-refractivity contribution in [1.82, 2.24) is 19.5 Å². The number of H-pyrrole nitrogens is 1. The molecule has 0 radical (unpaired) electrons. The van der Waals surface area contributed by atoms with Crippen LogP contribution < -0.4 is 5.56 Å². The average Bonchev–Trinajstić information content (AvgIpc) is 2.74. The highest BCUT2D eigenvalue weighted by Crippen LogP contribution is 2.10. The summed E-state index contributed by atoms with van der Waals surface area (Å²) < 4.78 is 1.80. The van der Waals surface area contributed by atoms with Crippen LogP contribution in [0.5, 0.6) is 0 Å². The van der Waals surface area contributed by atoms with Crippen molar-refractivity contribution >= 4 is 22.8 Å². The van der Waals surface area contributed by atoms with Crippen molar-refractivity contribution in [3.8, 4) is 0 Å². The van der Waals surface area contributed by atoms with Gasteiger partial charge in [0.05, 0.1) is 12.9 Å². The molecule has 2 aromatic heterocycles. The Hall–Kier alpha value is -2.14. The monoisotopic (exact) mass is 260 g/mol. The van der Waals surface area contributed by atoms with E-state index in [0.29, 0.717) is 17.7 Å². The van der Waals surface area contributed by atoms with Crippen molar-refractivity contribution in [1.29, 1.82) is 0 Å². The number of aromatic nitrogens is 4. The quantitative estimate of drug-likeness (QED) is 0.715. The maximum Gasteiger partial charge on any atom is 0.280 e. The normalized spacial score (nSPS) is 10.9. The molecule has 1 aromatic carbocycles. The van der Waals surface area contributed by atoms with Crippen molar-refractivity contribution in [3.63, 3.8) is 0 Å². The van der Waals surface area contributed by atoms with Crippen LogP contribution in [0.25, 0.3) is 11.2 Å². The van der Waals surface area contributed by atoms with Gasteiger partial charge in [0.15, 0.2) is 11.2 Å². The molecule has 3 rings (SSSR count). The molecule has 90 valence electrons. The van der Waals surface area contributed by atoms with E-state index in [2.05, 4.69) is 15.0 Å². The number of halogens is 1. The zero-order chi connectivity index (χ0) is 12.5. The fraction of sp³-hybridized carbons (Fsp3) is 0.0833. The largest absolute Gasteiger partial charge is 0.311 e. The third-order valence-corrected chi connectivity index (χ3v) is 2.82. The lowest BCUT2D eigenvalue weighted by molar-refractivity contribution is 0.813. The lowest BCUT2D eigenvalue weighted by Gasteiger charge is -2.03.